The maximum Gasteiger partial charge on any atom is 0.258 e. The Hall–Kier alpha value is -2.51. The molecule has 3 aromatic rings. The molecule has 0 saturated heterocycles. The van der Waals surface area contributed by atoms with E-state index in [0.29, 0.717) is 10.9 Å². The van der Waals surface area contributed by atoms with Crippen molar-refractivity contribution in [2.75, 3.05) is 14.1 Å². The monoisotopic (exact) mass is 343 g/mol. The summed E-state index contributed by atoms with van der Waals surface area (Å²) < 4.78 is 25.0. The standard InChI is InChI=1S/C17H17N3O3S/c1-20(2)24(22,23)11-16-18-15-9-8-13(10-14(15)17(21)19-16)12-6-4-3-5-7-12/h3-10H,11H2,1-2H3,(H,18,19,21). The molecular weight excluding hydrogens is 326 g/mol. The smallest absolute Gasteiger partial charge is 0.258 e. The number of nitrogens with one attached hydrogen (secondary N) is 1. The highest BCUT2D eigenvalue weighted by atomic mass is 32.2. The van der Waals surface area contributed by atoms with Gasteiger partial charge < -0.3 is 4.98 Å². The van der Waals surface area contributed by atoms with Crippen LogP contribution in [-0.2, 0) is 15.8 Å². The Labute approximate surface area is 139 Å². The molecule has 7 heteroatoms. The second-order valence-corrected chi connectivity index (χ2v) is 7.83. The molecule has 0 aliphatic heterocycles. The molecule has 0 fully saturated rings. The van der Waals surface area contributed by atoms with Crippen LogP contribution >= 0.6 is 0 Å². The molecule has 6 nitrogen and oxygen atoms in total. The van der Waals surface area contributed by atoms with Crippen molar-refractivity contribution >= 4 is 20.9 Å². The summed E-state index contributed by atoms with van der Waals surface area (Å²) in [6.45, 7) is 0. The molecule has 1 N–H and O–H groups in total. The van der Waals surface area contributed by atoms with E-state index in [1.807, 2.05) is 36.4 Å². The lowest BCUT2D eigenvalue weighted by molar-refractivity contribution is 0.518. The molecule has 1 heterocycles. The number of rotatable bonds is 4. The molecule has 0 unspecified atom stereocenters. The molecule has 0 amide bonds. The summed E-state index contributed by atoms with van der Waals surface area (Å²) in [5, 5.41) is 0.433. The molecule has 124 valence electrons. The molecule has 1 aromatic heterocycles. The fourth-order valence-electron chi connectivity index (χ4n) is 2.37. The first kappa shape index (κ1) is 16.4. The van der Waals surface area contributed by atoms with Gasteiger partial charge in [-0.1, -0.05) is 36.4 Å². The summed E-state index contributed by atoms with van der Waals surface area (Å²) in [7, 11) is -0.597. The summed E-state index contributed by atoms with van der Waals surface area (Å²) in [6.07, 6.45) is 0. The first-order valence-electron chi connectivity index (χ1n) is 7.35. The highest BCUT2D eigenvalue weighted by molar-refractivity contribution is 7.88. The van der Waals surface area contributed by atoms with Gasteiger partial charge in [-0.25, -0.2) is 17.7 Å². The second kappa shape index (κ2) is 6.18. The minimum atomic E-state index is -3.49. The molecule has 0 bridgehead atoms. The lowest BCUT2D eigenvalue weighted by Crippen LogP contribution is -2.25. The number of sulfonamides is 1. The van der Waals surface area contributed by atoms with Crippen LogP contribution in [0.1, 0.15) is 5.82 Å². The Morgan fingerprint density at radius 1 is 1.04 bits per heavy atom. The van der Waals surface area contributed by atoms with Gasteiger partial charge in [-0.05, 0) is 23.3 Å². The number of aromatic amines is 1. The molecule has 0 spiro atoms. The zero-order valence-corrected chi connectivity index (χ0v) is 14.2. The van der Waals surface area contributed by atoms with E-state index in [1.54, 1.807) is 12.1 Å². The van der Waals surface area contributed by atoms with E-state index in [9.17, 15) is 13.2 Å². The SMILES string of the molecule is CN(C)S(=O)(=O)Cc1nc2ccc(-c3ccccc3)cc2c(=O)[nH]1. The van der Waals surface area contributed by atoms with Gasteiger partial charge in [-0.15, -0.1) is 0 Å². The van der Waals surface area contributed by atoms with Crippen LogP contribution in [0.5, 0.6) is 0 Å². The van der Waals surface area contributed by atoms with Gasteiger partial charge >= 0.3 is 0 Å². The molecule has 0 saturated carbocycles. The van der Waals surface area contributed by atoms with Crippen molar-refractivity contribution in [3.05, 3.63) is 64.7 Å². The topological polar surface area (TPSA) is 83.1 Å². The van der Waals surface area contributed by atoms with Crippen molar-refractivity contribution in [1.82, 2.24) is 14.3 Å². The van der Waals surface area contributed by atoms with Crippen LogP contribution in [-0.4, -0.2) is 36.8 Å². The number of hydrogen-bond acceptors (Lipinski definition) is 4. The van der Waals surface area contributed by atoms with Gasteiger partial charge in [0.15, 0.2) is 0 Å². The predicted octanol–water partition coefficient (Wildman–Crippen LogP) is 1.98. The quantitative estimate of drug-likeness (QED) is 0.785. The Morgan fingerprint density at radius 2 is 1.75 bits per heavy atom. The van der Waals surface area contributed by atoms with E-state index < -0.39 is 10.0 Å². The highest BCUT2D eigenvalue weighted by Gasteiger charge is 2.17. The molecule has 0 radical (unpaired) electrons. The van der Waals surface area contributed by atoms with Crippen molar-refractivity contribution in [3.8, 4) is 11.1 Å². The van der Waals surface area contributed by atoms with Crippen molar-refractivity contribution < 1.29 is 8.42 Å². The highest BCUT2D eigenvalue weighted by Crippen LogP contribution is 2.22. The minimum absolute atomic E-state index is 0.133. The Bertz CT molecular complexity index is 1040. The number of nitrogens with zero attached hydrogens (tertiary/aromatic N) is 2. The van der Waals surface area contributed by atoms with Crippen LogP contribution in [0.4, 0.5) is 0 Å². The van der Waals surface area contributed by atoms with E-state index in [0.717, 1.165) is 15.4 Å². The maximum absolute atomic E-state index is 12.3. The lowest BCUT2D eigenvalue weighted by Gasteiger charge is -2.11. The molecule has 0 aliphatic carbocycles. The van der Waals surface area contributed by atoms with Gasteiger partial charge in [0.1, 0.15) is 11.6 Å². The van der Waals surface area contributed by atoms with E-state index in [1.165, 1.54) is 14.1 Å². The van der Waals surface area contributed by atoms with Gasteiger partial charge in [0.2, 0.25) is 10.0 Å². The van der Waals surface area contributed by atoms with Gasteiger partial charge in [0.25, 0.3) is 5.56 Å². The first-order valence-corrected chi connectivity index (χ1v) is 8.96. The molecule has 0 atom stereocenters. The fourth-order valence-corrected chi connectivity index (χ4v) is 3.11. The Morgan fingerprint density at radius 3 is 2.42 bits per heavy atom. The Kier molecular flexibility index (Phi) is 4.21. The first-order chi connectivity index (χ1) is 11.4. The van der Waals surface area contributed by atoms with Gasteiger partial charge in [0.05, 0.1) is 10.9 Å². The number of aromatic nitrogens is 2. The van der Waals surface area contributed by atoms with E-state index >= 15 is 0 Å². The van der Waals surface area contributed by atoms with E-state index in [2.05, 4.69) is 9.97 Å². The summed E-state index contributed by atoms with van der Waals surface area (Å²) in [4.78, 5) is 19.2. The minimum Gasteiger partial charge on any atom is -0.309 e. The zero-order chi connectivity index (χ0) is 17.3. The van der Waals surface area contributed by atoms with Gasteiger partial charge in [0, 0.05) is 14.1 Å². The molecule has 0 aliphatic rings. The summed E-state index contributed by atoms with van der Waals surface area (Å²) in [5.74, 6) is -0.209. The van der Waals surface area contributed by atoms with E-state index in [-0.39, 0.29) is 17.1 Å². The van der Waals surface area contributed by atoms with Crippen LogP contribution in [0.25, 0.3) is 22.0 Å². The number of benzene rings is 2. The number of hydrogen-bond donors (Lipinski definition) is 1. The second-order valence-electron chi connectivity index (χ2n) is 5.65. The van der Waals surface area contributed by atoms with Gasteiger partial charge in [-0.3, -0.25) is 4.79 Å². The normalized spacial score (nSPS) is 12.0. The molecule has 2 aromatic carbocycles. The van der Waals surface area contributed by atoms with Crippen LogP contribution in [0.2, 0.25) is 0 Å². The molecule has 3 rings (SSSR count). The fraction of sp³-hybridized carbons (Fsp3) is 0.176. The molecular formula is C17H17N3O3S. The third-order valence-corrected chi connectivity index (χ3v) is 5.49. The summed E-state index contributed by atoms with van der Waals surface area (Å²) in [6, 6.07) is 15.1. The maximum atomic E-state index is 12.3. The van der Waals surface area contributed by atoms with Crippen LogP contribution in [0.15, 0.2) is 53.3 Å². The lowest BCUT2D eigenvalue weighted by atomic mass is 10.0. The van der Waals surface area contributed by atoms with Crippen LogP contribution in [0, 0.1) is 0 Å². The van der Waals surface area contributed by atoms with E-state index in [4.69, 9.17) is 0 Å². The van der Waals surface area contributed by atoms with Crippen LogP contribution in [0.3, 0.4) is 0 Å². The van der Waals surface area contributed by atoms with Crippen molar-refractivity contribution in [2.24, 2.45) is 0 Å². The summed E-state index contributed by atoms with van der Waals surface area (Å²) >= 11 is 0. The predicted molar refractivity (Wildman–Crippen MR) is 94.1 cm³/mol. The van der Waals surface area contributed by atoms with Gasteiger partial charge in [-0.2, -0.15) is 0 Å². The number of fused-ring (bicyclic) bond motifs is 1. The average Bonchev–Trinajstić information content (AvgIpc) is 2.55. The van der Waals surface area contributed by atoms with Crippen molar-refractivity contribution in [2.45, 2.75) is 5.75 Å². The largest absolute Gasteiger partial charge is 0.309 e. The van der Waals surface area contributed by atoms with Crippen molar-refractivity contribution in [1.29, 1.82) is 0 Å². The molecule has 24 heavy (non-hydrogen) atoms. The summed E-state index contributed by atoms with van der Waals surface area (Å²) in [5.41, 5.74) is 2.03. The average molecular weight is 343 g/mol. The third kappa shape index (κ3) is 3.22. The number of H-pyrrole nitrogens is 1. The van der Waals surface area contributed by atoms with Crippen LogP contribution < -0.4 is 5.56 Å². The Balaban J connectivity index is 2.07. The third-order valence-electron chi connectivity index (χ3n) is 3.74. The zero-order valence-electron chi connectivity index (χ0n) is 13.4. The van der Waals surface area contributed by atoms with Crippen molar-refractivity contribution in [3.63, 3.8) is 0 Å².